The van der Waals surface area contributed by atoms with Gasteiger partial charge in [-0.1, -0.05) is 33.3 Å². The van der Waals surface area contributed by atoms with Crippen LogP contribution >= 0.6 is 0 Å². The number of hydrogen-bond donors (Lipinski definition) is 1. The molecular formula is C11H23NO. The van der Waals surface area contributed by atoms with E-state index in [-0.39, 0.29) is 0 Å². The lowest BCUT2D eigenvalue weighted by Gasteiger charge is -1.99. The summed E-state index contributed by atoms with van der Waals surface area (Å²) in [5.41, 5.74) is 0. The Hall–Kier alpha value is -0.630. The molecule has 0 amide bonds. The van der Waals surface area contributed by atoms with Crippen LogP contribution in [0.15, 0.2) is 12.7 Å². The van der Waals surface area contributed by atoms with Gasteiger partial charge in [0, 0.05) is 0 Å². The summed E-state index contributed by atoms with van der Waals surface area (Å²) in [5, 5.41) is 3.39. The van der Waals surface area contributed by atoms with E-state index in [0.29, 0.717) is 6.29 Å². The second kappa shape index (κ2) is 17.5. The molecule has 0 radical (unpaired) electrons. The number of rotatable bonds is 7. The maximum atomic E-state index is 9.06. The van der Waals surface area contributed by atoms with Crippen LogP contribution in [-0.2, 0) is 4.79 Å². The molecule has 0 aromatic heterocycles. The zero-order valence-corrected chi connectivity index (χ0v) is 9.01. The third-order valence-corrected chi connectivity index (χ3v) is 1.51. The van der Waals surface area contributed by atoms with Gasteiger partial charge in [-0.05, 0) is 32.0 Å². The number of carbonyl (C=O) groups excluding carboxylic acids is 1. The Morgan fingerprint density at radius 1 is 1.15 bits per heavy atom. The van der Waals surface area contributed by atoms with Crippen molar-refractivity contribution < 1.29 is 4.79 Å². The van der Waals surface area contributed by atoms with E-state index in [9.17, 15) is 0 Å². The summed E-state index contributed by atoms with van der Waals surface area (Å²) < 4.78 is 0. The van der Waals surface area contributed by atoms with E-state index in [0.717, 1.165) is 0 Å². The monoisotopic (exact) mass is 185 g/mol. The minimum atomic E-state index is 0.639. The molecule has 0 saturated carbocycles. The molecule has 1 N–H and O–H groups in total. The van der Waals surface area contributed by atoms with Crippen LogP contribution in [0.3, 0.4) is 0 Å². The molecule has 0 atom stereocenters. The fourth-order valence-corrected chi connectivity index (χ4v) is 0.729. The average molecular weight is 185 g/mol. The van der Waals surface area contributed by atoms with Crippen LogP contribution in [0, 0.1) is 0 Å². The molecule has 0 unspecified atom stereocenters. The van der Waals surface area contributed by atoms with Crippen LogP contribution in [0.25, 0.3) is 0 Å². The molecule has 0 aromatic carbocycles. The number of aldehydes is 1. The van der Waals surface area contributed by atoms with Gasteiger partial charge in [0.25, 0.3) is 0 Å². The topological polar surface area (TPSA) is 29.1 Å². The zero-order valence-electron chi connectivity index (χ0n) is 9.01. The fraction of sp³-hybridized carbons (Fsp3) is 0.727. The van der Waals surface area contributed by atoms with Crippen molar-refractivity contribution >= 4 is 6.29 Å². The summed E-state index contributed by atoms with van der Waals surface area (Å²) in [6, 6.07) is 0. The van der Waals surface area contributed by atoms with Crippen molar-refractivity contribution in [1.82, 2.24) is 5.32 Å². The van der Waals surface area contributed by atoms with Crippen molar-refractivity contribution in [1.29, 1.82) is 0 Å². The Morgan fingerprint density at radius 2 is 1.54 bits per heavy atom. The molecule has 0 aliphatic heterocycles. The Balaban J connectivity index is 0. The predicted molar refractivity (Wildman–Crippen MR) is 58.9 cm³/mol. The van der Waals surface area contributed by atoms with E-state index in [1.54, 1.807) is 0 Å². The van der Waals surface area contributed by atoms with Crippen molar-refractivity contribution in [2.45, 2.75) is 39.5 Å². The number of unbranched alkanes of at least 4 members (excludes halogenated alkanes) is 2. The molecule has 0 spiro atoms. The molecule has 0 saturated heterocycles. The highest BCUT2D eigenvalue weighted by Gasteiger charge is 1.83. The van der Waals surface area contributed by atoms with Gasteiger partial charge in [0.2, 0.25) is 0 Å². The highest BCUT2D eigenvalue weighted by Crippen LogP contribution is 1.85. The lowest BCUT2D eigenvalue weighted by atomic mass is 10.3. The molecule has 78 valence electrons. The first-order valence-electron chi connectivity index (χ1n) is 5.10. The number of hydrogen-bond acceptors (Lipinski definition) is 2. The van der Waals surface area contributed by atoms with Crippen LogP contribution in [0.4, 0.5) is 0 Å². The summed E-state index contributed by atoms with van der Waals surface area (Å²) in [6.45, 7) is 9.97. The standard InChI is InChI=1S/C8H19N.C3H4O/c1-3-5-7-9-8-6-4-2;1-2-3-4/h9H,3-8H2,1-2H3;2-3H,1H2. The van der Waals surface area contributed by atoms with Crippen molar-refractivity contribution in [3.63, 3.8) is 0 Å². The SMILES string of the molecule is C=CC=O.CCCCNCCCC. The second-order valence-corrected chi connectivity index (χ2v) is 2.83. The summed E-state index contributed by atoms with van der Waals surface area (Å²) in [6.07, 6.45) is 7.09. The third-order valence-electron chi connectivity index (χ3n) is 1.51. The molecule has 0 heterocycles. The largest absolute Gasteiger partial charge is 0.317 e. The highest BCUT2D eigenvalue weighted by molar-refractivity contribution is 5.63. The minimum absolute atomic E-state index is 0.639. The van der Waals surface area contributed by atoms with Gasteiger partial charge >= 0.3 is 0 Å². The first-order chi connectivity index (χ1) is 6.33. The Bertz CT molecular complexity index is 90.3. The summed E-state index contributed by atoms with van der Waals surface area (Å²) in [5.74, 6) is 0. The van der Waals surface area contributed by atoms with Crippen molar-refractivity contribution in [3.8, 4) is 0 Å². The van der Waals surface area contributed by atoms with Gasteiger partial charge in [0.05, 0.1) is 0 Å². The lowest BCUT2D eigenvalue weighted by molar-refractivity contribution is -0.104. The molecule has 0 rings (SSSR count). The van der Waals surface area contributed by atoms with Crippen LogP contribution in [-0.4, -0.2) is 19.4 Å². The second-order valence-electron chi connectivity index (χ2n) is 2.83. The van der Waals surface area contributed by atoms with Crippen molar-refractivity contribution in [2.24, 2.45) is 0 Å². The molecule has 0 aliphatic rings. The molecule has 0 aliphatic carbocycles. The number of carbonyl (C=O) groups is 1. The van der Waals surface area contributed by atoms with E-state index in [1.165, 1.54) is 44.8 Å². The van der Waals surface area contributed by atoms with Gasteiger partial charge < -0.3 is 5.32 Å². The molecule has 0 fully saturated rings. The van der Waals surface area contributed by atoms with E-state index < -0.39 is 0 Å². The summed E-state index contributed by atoms with van der Waals surface area (Å²) >= 11 is 0. The number of allylic oxidation sites excluding steroid dienone is 1. The van der Waals surface area contributed by atoms with E-state index in [4.69, 9.17) is 4.79 Å². The van der Waals surface area contributed by atoms with Gasteiger partial charge in [0.15, 0.2) is 0 Å². The average Bonchev–Trinajstić information content (AvgIpc) is 2.18. The first kappa shape index (κ1) is 14.9. The summed E-state index contributed by atoms with van der Waals surface area (Å²) in [4.78, 5) is 9.06. The van der Waals surface area contributed by atoms with E-state index in [2.05, 4.69) is 25.7 Å². The van der Waals surface area contributed by atoms with Gasteiger partial charge in [-0.3, -0.25) is 4.79 Å². The quantitative estimate of drug-likeness (QED) is 0.375. The van der Waals surface area contributed by atoms with Crippen molar-refractivity contribution in [3.05, 3.63) is 12.7 Å². The Morgan fingerprint density at radius 3 is 1.77 bits per heavy atom. The van der Waals surface area contributed by atoms with Crippen molar-refractivity contribution in [2.75, 3.05) is 13.1 Å². The lowest BCUT2D eigenvalue weighted by Crippen LogP contribution is -2.15. The summed E-state index contributed by atoms with van der Waals surface area (Å²) in [7, 11) is 0. The highest BCUT2D eigenvalue weighted by atomic mass is 16.1. The fourth-order valence-electron chi connectivity index (χ4n) is 0.729. The number of nitrogens with one attached hydrogen (secondary N) is 1. The van der Waals surface area contributed by atoms with Gasteiger partial charge in [-0.25, -0.2) is 0 Å². The van der Waals surface area contributed by atoms with Crippen LogP contribution in [0.1, 0.15) is 39.5 Å². The van der Waals surface area contributed by atoms with Gasteiger partial charge in [-0.2, -0.15) is 0 Å². The maximum absolute atomic E-state index is 9.06. The smallest absolute Gasteiger partial charge is 0.142 e. The van der Waals surface area contributed by atoms with Gasteiger partial charge in [-0.15, -0.1) is 0 Å². The Kier molecular flexibility index (Phi) is 20.0. The predicted octanol–water partition coefficient (Wildman–Crippen LogP) is 2.55. The molecule has 2 heteroatoms. The molecule has 0 aromatic rings. The third kappa shape index (κ3) is 24.6. The normalized spacial score (nSPS) is 8.46. The Labute approximate surface area is 82.4 Å². The maximum Gasteiger partial charge on any atom is 0.142 e. The van der Waals surface area contributed by atoms with Crippen LogP contribution < -0.4 is 5.32 Å². The van der Waals surface area contributed by atoms with E-state index >= 15 is 0 Å². The molecular weight excluding hydrogens is 162 g/mol. The molecule has 0 bridgehead atoms. The molecule has 13 heavy (non-hydrogen) atoms. The molecule has 2 nitrogen and oxygen atoms in total. The first-order valence-corrected chi connectivity index (χ1v) is 5.10. The van der Waals surface area contributed by atoms with Crippen LogP contribution in [0.2, 0.25) is 0 Å². The van der Waals surface area contributed by atoms with E-state index in [1.807, 2.05) is 0 Å². The minimum Gasteiger partial charge on any atom is -0.317 e. The van der Waals surface area contributed by atoms with Gasteiger partial charge in [0.1, 0.15) is 6.29 Å². The zero-order chi connectivity index (χ0) is 10.4. The van der Waals surface area contributed by atoms with Crippen LogP contribution in [0.5, 0.6) is 0 Å².